The maximum Gasteiger partial charge on any atom is 0.0431 e. The Labute approximate surface area is 124 Å². The molecule has 112 valence electrons. The Balaban J connectivity index is 2.09. The van der Waals surface area contributed by atoms with Crippen molar-refractivity contribution in [3.05, 3.63) is 29.3 Å². The molecule has 1 heterocycles. The molecule has 0 spiro atoms. The van der Waals surface area contributed by atoms with Crippen molar-refractivity contribution in [3.8, 4) is 0 Å². The molecule has 0 radical (unpaired) electrons. The molecule has 1 aromatic carbocycles. The minimum Gasteiger partial charge on any atom is -0.371 e. The van der Waals surface area contributed by atoms with Crippen molar-refractivity contribution in [2.24, 2.45) is 5.92 Å². The van der Waals surface area contributed by atoms with Crippen molar-refractivity contribution in [2.45, 2.75) is 53.0 Å². The number of hydrogen-bond donors (Lipinski definition) is 1. The van der Waals surface area contributed by atoms with Crippen LogP contribution in [0.2, 0.25) is 0 Å². The van der Waals surface area contributed by atoms with Crippen LogP contribution in [0.4, 0.5) is 5.69 Å². The van der Waals surface area contributed by atoms with Crippen LogP contribution in [0.1, 0.15) is 45.2 Å². The first kappa shape index (κ1) is 15.4. The molecule has 0 bridgehead atoms. The first-order valence-electron chi connectivity index (χ1n) is 8.24. The van der Waals surface area contributed by atoms with Crippen LogP contribution in [-0.2, 0) is 12.8 Å². The van der Waals surface area contributed by atoms with Crippen LogP contribution in [0.15, 0.2) is 18.2 Å². The summed E-state index contributed by atoms with van der Waals surface area (Å²) in [5.74, 6) is 0.798. The van der Waals surface area contributed by atoms with Gasteiger partial charge in [0.05, 0.1) is 0 Å². The van der Waals surface area contributed by atoms with E-state index in [1.54, 1.807) is 0 Å². The van der Waals surface area contributed by atoms with Crippen LogP contribution < -0.4 is 10.2 Å². The summed E-state index contributed by atoms with van der Waals surface area (Å²) in [5.41, 5.74) is 4.56. The van der Waals surface area contributed by atoms with Gasteiger partial charge < -0.3 is 10.2 Å². The van der Waals surface area contributed by atoms with E-state index in [9.17, 15) is 0 Å². The van der Waals surface area contributed by atoms with Gasteiger partial charge in [-0.25, -0.2) is 0 Å². The van der Waals surface area contributed by atoms with Gasteiger partial charge in [0.25, 0.3) is 0 Å². The molecular weight excluding hydrogens is 244 g/mol. The lowest BCUT2D eigenvalue weighted by Gasteiger charge is -2.25. The van der Waals surface area contributed by atoms with Crippen LogP contribution >= 0.6 is 0 Å². The average molecular weight is 274 g/mol. The van der Waals surface area contributed by atoms with Gasteiger partial charge in [0.2, 0.25) is 0 Å². The number of nitrogens with zero attached hydrogens (tertiary/aromatic N) is 1. The monoisotopic (exact) mass is 274 g/mol. The van der Waals surface area contributed by atoms with E-state index in [1.807, 2.05) is 0 Å². The lowest BCUT2D eigenvalue weighted by Crippen LogP contribution is -2.31. The van der Waals surface area contributed by atoms with Gasteiger partial charge in [0.1, 0.15) is 0 Å². The molecule has 0 saturated carbocycles. The van der Waals surface area contributed by atoms with Gasteiger partial charge in [-0.05, 0) is 42.9 Å². The number of anilines is 1. The van der Waals surface area contributed by atoms with Crippen LogP contribution in [0.3, 0.4) is 0 Å². The van der Waals surface area contributed by atoms with E-state index in [1.165, 1.54) is 36.3 Å². The summed E-state index contributed by atoms with van der Waals surface area (Å²) in [6, 6.07) is 7.41. The second-order valence-electron chi connectivity index (χ2n) is 6.30. The van der Waals surface area contributed by atoms with E-state index >= 15 is 0 Å². The molecule has 1 fully saturated rings. The molecule has 1 aliphatic heterocycles. The van der Waals surface area contributed by atoms with E-state index < -0.39 is 0 Å². The minimum atomic E-state index is 0.596. The smallest absolute Gasteiger partial charge is 0.0431 e. The summed E-state index contributed by atoms with van der Waals surface area (Å²) in [6.07, 6.45) is 3.59. The van der Waals surface area contributed by atoms with Gasteiger partial charge in [0, 0.05) is 24.8 Å². The number of benzene rings is 1. The van der Waals surface area contributed by atoms with Gasteiger partial charge in [-0.3, -0.25) is 0 Å². The van der Waals surface area contributed by atoms with Crippen LogP contribution in [0.25, 0.3) is 0 Å². The Morgan fingerprint density at radius 1 is 1.20 bits per heavy atom. The zero-order valence-electron chi connectivity index (χ0n) is 13.6. The summed E-state index contributed by atoms with van der Waals surface area (Å²) >= 11 is 0. The molecule has 2 nitrogen and oxygen atoms in total. The molecule has 1 unspecified atom stereocenters. The third-order valence-electron chi connectivity index (χ3n) is 4.38. The number of rotatable bonds is 6. The van der Waals surface area contributed by atoms with Crippen molar-refractivity contribution < 1.29 is 0 Å². The van der Waals surface area contributed by atoms with E-state index in [0.717, 1.165) is 25.3 Å². The van der Waals surface area contributed by atoms with Crippen molar-refractivity contribution in [1.82, 2.24) is 5.32 Å². The number of aryl methyl sites for hydroxylation is 2. The molecule has 0 amide bonds. The highest BCUT2D eigenvalue weighted by Crippen LogP contribution is 2.31. The third-order valence-corrected chi connectivity index (χ3v) is 4.38. The Morgan fingerprint density at radius 3 is 2.40 bits per heavy atom. The topological polar surface area (TPSA) is 15.3 Å². The first-order valence-corrected chi connectivity index (χ1v) is 8.24. The van der Waals surface area contributed by atoms with Crippen molar-refractivity contribution in [3.63, 3.8) is 0 Å². The quantitative estimate of drug-likeness (QED) is 0.852. The molecule has 1 saturated heterocycles. The van der Waals surface area contributed by atoms with E-state index in [0.29, 0.717) is 6.04 Å². The molecule has 20 heavy (non-hydrogen) atoms. The average Bonchev–Trinajstić information content (AvgIpc) is 2.92. The fourth-order valence-corrected chi connectivity index (χ4v) is 3.23. The molecule has 1 aliphatic rings. The van der Waals surface area contributed by atoms with E-state index in [4.69, 9.17) is 0 Å². The Kier molecular flexibility index (Phi) is 5.47. The second-order valence-corrected chi connectivity index (χ2v) is 6.30. The predicted molar refractivity (Wildman–Crippen MR) is 88.7 cm³/mol. The van der Waals surface area contributed by atoms with E-state index in [-0.39, 0.29) is 0 Å². The van der Waals surface area contributed by atoms with Gasteiger partial charge in [-0.2, -0.15) is 0 Å². The highest BCUT2D eigenvalue weighted by molar-refractivity contribution is 5.60. The zero-order valence-corrected chi connectivity index (χ0v) is 13.6. The van der Waals surface area contributed by atoms with Gasteiger partial charge >= 0.3 is 0 Å². The van der Waals surface area contributed by atoms with Gasteiger partial charge in [0.15, 0.2) is 0 Å². The molecular formula is C18H30N2. The SMILES string of the molecule is CCc1cccc(CC)c1N1CCC(CNC(C)C)C1. The molecule has 2 heteroatoms. The van der Waals surface area contributed by atoms with Crippen LogP contribution in [0, 0.1) is 5.92 Å². The Morgan fingerprint density at radius 2 is 1.85 bits per heavy atom. The standard InChI is InChI=1S/C18H30N2/c1-5-16-8-7-9-17(6-2)18(16)20-11-10-15(13-20)12-19-14(3)4/h7-9,14-15,19H,5-6,10-13H2,1-4H3. The van der Waals surface area contributed by atoms with Gasteiger partial charge in [-0.15, -0.1) is 0 Å². The van der Waals surface area contributed by atoms with Crippen molar-refractivity contribution >= 4 is 5.69 Å². The summed E-state index contributed by atoms with van der Waals surface area (Å²) in [5, 5.41) is 3.59. The zero-order chi connectivity index (χ0) is 14.5. The van der Waals surface area contributed by atoms with Crippen molar-refractivity contribution in [1.29, 1.82) is 0 Å². The summed E-state index contributed by atoms with van der Waals surface area (Å²) < 4.78 is 0. The van der Waals surface area contributed by atoms with Crippen molar-refractivity contribution in [2.75, 3.05) is 24.5 Å². The minimum absolute atomic E-state index is 0.596. The predicted octanol–water partition coefficient (Wildman–Crippen LogP) is 3.64. The lowest BCUT2D eigenvalue weighted by molar-refractivity contribution is 0.480. The summed E-state index contributed by atoms with van der Waals surface area (Å²) in [4.78, 5) is 2.63. The molecule has 1 aromatic rings. The maximum atomic E-state index is 3.59. The highest BCUT2D eigenvalue weighted by atomic mass is 15.2. The number of hydrogen-bond acceptors (Lipinski definition) is 2. The third kappa shape index (κ3) is 3.54. The molecule has 1 N–H and O–H groups in total. The largest absolute Gasteiger partial charge is 0.371 e. The fourth-order valence-electron chi connectivity index (χ4n) is 3.23. The molecule has 0 aliphatic carbocycles. The first-order chi connectivity index (χ1) is 9.65. The Hall–Kier alpha value is -1.02. The van der Waals surface area contributed by atoms with E-state index in [2.05, 4.69) is 56.1 Å². The summed E-state index contributed by atoms with van der Waals surface area (Å²) in [7, 11) is 0. The second kappa shape index (κ2) is 7.12. The number of nitrogens with one attached hydrogen (secondary N) is 1. The fraction of sp³-hybridized carbons (Fsp3) is 0.667. The molecule has 1 atom stereocenters. The summed E-state index contributed by atoms with van der Waals surface area (Å²) in [6.45, 7) is 12.6. The normalized spacial score (nSPS) is 19.1. The Bertz CT molecular complexity index is 403. The highest BCUT2D eigenvalue weighted by Gasteiger charge is 2.25. The molecule has 2 rings (SSSR count). The lowest BCUT2D eigenvalue weighted by atomic mass is 10.0. The number of para-hydroxylation sites is 1. The maximum absolute atomic E-state index is 3.59. The molecule has 0 aromatic heterocycles. The van der Waals surface area contributed by atoms with Crippen LogP contribution in [-0.4, -0.2) is 25.7 Å². The van der Waals surface area contributed by atoms with Gasteiger partial charge in [-0.1, -0.05) is 45.9 Å². The van der Waals surface area contributed by atoms with Crippen LogP contribution in [0.5, 0.6) is 0 Å².